The summed E-state index contributed by atoms with van der Waals surface area (Å²) in [7, 11) is 0. The first-order valence-electron chi connectivity index (χ1n) is 2.69. The Balaban J connectivity index is 2.98. The summed E-state index contributed by atoms with van der Waals surface area (Å²) < 4.78 is 35.6. The van der Waals surface area contributed by atoms with E-state index in [4.69, 9.17) is 0 Å². The molecular weight excluding hydrogens is 175 g/mol. The second-order valence-electron chi connectivity index (χ2n) is 1.77. The molecule has 0 atom stereocenters. The van der Waals surface area contributed by atoms with Crippen molar-refractivity contribution in [2.45, 2.75) is 6.18 Å². The van der Waals surface area contributed by atoms with E-state index in [1.54, 1.807) is 0 Å². The zero-order valence-electron chi connectivity index (χ0n) is 5.35. The van der Waals surface area contributed by atoms with Crippen molar-refractivity contribution >= 4 is 17.4 Å². The van der Waals surface area contributed by atoms with Crippen LogP contribution in [0.25, 0.3) is 6.08 Å². The molecular formula is C6H4F3NS. The van der Waals surface area contributed by atoms with Gasteiger partial charge in [-0.05, 0) is 0 Å². The summed E-state index contributed by atoms with van der Waals surface area (Å²) in [5.74, 6) is 0. The Labute approximate surface area is 65.2 Å². The predicted octanol–water partition coefficient (Wildman–Crippen LogP) is 2.80. The van der Waals surface area contributed by atoms with Gasteiger partial charge in [0.15, 0.2) is 5.01 Å². The molecule has 0 aliphatic rings. The Morgan fingerprint density at radius 3 is 2.45 bits per heavy atom. The fourth-order valence-corrected chi connectivity index (χ4v) is 1.15. The van der Waals surface area contributed by atoms with Gasteiger partial charge in [0.2, 0.25) is 0 Å². The maximum atomic E-state index is 11.9. The van der Waals surface area contributed by atoms with Crippen molar-refractivity contribution in [3.63, 3.8) is 0 Å². The average molecular weight is 179 g/mol. The third-order valence-electron chi connectivity index (χ3n) is 0.967. The van der Waals surface area contributed by atoms with E-state index < -0.39 is 11.2 Å². The number of hydrogen-bond acceptors (Lipinski definition) is 2. The molecule has 0 N–H and O–H groups in total. The van der Waals surface area contributed by atoms with Gasteiger partial charge in [-0.3, -0.25) is 0 Å². The lowest BCUT2D eigenvalue weighted by atomic mass is 10.5. The van der Waals surface area contributed by atoms with Gasteiger partial charge in [0.1, 0.15) is 0 Å². The summed E-state index contributed by atoms with van der Waals surface area (Å²) in [5.41, 5.74) is 0. The van der Waals surface area contributed by atoms with Crippen molar-refractivity contribution in [2.75, 3.05) is 0 Å². The quantitative estimate of drug-likeness (QED) is 0.646. The number of hydrogen-bond donors (Lipinski definition) is 0. The van der Waals surface area contributed by atoms with Crippen molar-refractivity contribution in [1.82, 2.24) is 4.98 Å². The maximum absolute atomic E-state index is 11.9. The fourth-order valence-electron chi connectivity index (χ4n) is 0.512. The molecule has 0 saturated heterocycles. The SMILES string of the molecule is C=Cc1cnc(C(F)(F)F)s1. The van der Waals surface area contributed by atoms with E-state index in [0.29, 0.717) is 16.2 Å². The zero-order valence-corrected chi connectivity index (χ0v) is 6.17. The highest BCUT2D eigenvalue weighted by molar-refractivity contribution is 7.12. The lowest BCUT2D eigenvalue weighted by Gasteiger charge is -1.98. The minimum atomic E-state index is -4.33. The highest BCUT2D eigenvalue weighted by atomic mass is 32.1. The number of rotatable bonds is 1. The lowest BCUT2D eigenvalue weighted by Crippen LogP contribution is -2.02. The van der Waals surface area contributed by atoms with Crippen LogP contribution in [0.3, 0.4) is 0 Å². The molecule has 0 spiro atoms. The van der Waals surface area contributed by atoms with Crippen LogP contribution >= 0.6 is 11.3 Å². The van der Waals surface area contributed by atoms with E-state index in [2.05, 4.69) is 11.6 Å². The van der Waals surface area contributed by atoms with Crippen LogP contribution in [0.1, 0.15) is 9.88 Å². The molecule has 11 heavy (non-hydrogen) atoms. The maximum Gasteiger partial charge on any atom is 0.443 e. The van der Waals surface area contributed by atoms with Crippen LogP contribution in [0.4, 0.5) is 13.2 Å². The van der Waals surface area contributed by atoms with E-state index in [1.807, 2.05) is 0 Å². The molecule has 60 valence electrons. The first kappa shape index (κ1) is 8.26. The summed E-state index contributed by atoms with van der Waals surface area (Å²) in [6.45, 7) is 3.33. The van der Waals surface area contributed by atoms with Crippen LogP contribution in [0.15, 0.2) is 12.8 Å². The minimum absolute atomic E-state index is 0.428. The van der Waals surface area contributed by atoms with Gasteiger partial charge in [-0.1, -0.05) is 12.7 Å². The van der Waals surface area contributed by atoms with Crippen molar-refractivity contribution < 1.29 is 13.2 Å². The number of nitrogens with zero attached hydrogens (tertiary/aromatic N) is 1. The lowest BCUT2D eigenvalue weighted by molar-refractivity contribution is -0.137. The van der Waals surface area contributed by atoms with Crippen LogP contribution in [0, 0.1) is 0 Å². The smallest absolute Gasteiger partial charge is 0.240 e. The van der Waals surface area contributed by atoms with Gasteiger partial charge in [0, 0.05) is 11.1 Å². The average Bonchev–Trinajstić information content (AvgIpc) is 2.32. The Bertz CT molecular complexity index is 263. The van der Waals surface area contributed by atoms with Crippen molar-refractivity contribution in [3.05, 3.63) is 22.7 Å². The summed E-state index contributed by atoms with van der Waals surface area (Å²) in [6, 6.07) is 0. The number of alkyl halides is 3. The molecule has 0 aliphatic heterocycles. The molecule has 0 unspecified atom stereocenters. The molecule has 1 rings (SSSR count). The van der Waals surface area contributed by atoms with Crippen molar-refractivity contribution in [3.8, 4) is 0 Å². The summed E-state index contributed by atoms with van der Waals surface area (Å²) >= 11 is 0.586. The van der Waals surface area contributed by atoms with E-state index >= 15 is 0 Å². The highest BCUT2D eigenvalue weighted by Crippen LogP contribution is 2.32. The second kappa shape index (κ2) is 2.65. The standard InChI is InChI=1S/C6H4F3NS/c1-2-4-3-10-5(11-4)6(7,8)9/h2-3H,1H2. The molecule has 0 radical (unpaired) electrons. The van der Waals surface area contributed by atoms with Crippen LogP contribution in [0.2, 0.25) is 0 Å². The molecule has 0 saturated carbocycles. The Morgan fingerprint density at radius 2 is 2.18 bits per heavy atom. The molecule has 1 aromatic heterocycles. The fraction of sp³-hybridized carbons (Fsp3) is 0.167. The van der Waals surface area contributed by atoms with Crippen LogP contribution in [-0.2, 0) is 6.18 Å². The van der Waals surface area contributed by atoms with Crippen LogP contribution in [0.5, 0.6) is 0 Å². The van der Waals surface area contributed by atoms with Crippen molar-refractivity contribution in [2.24, 2.45) is 0 Å². The van der Waals surface area contributed by atoms with Gasteiger partial charge in [-0.15, -0.1) is 11.3 Å². The van der Waals surface area contributed by atoms with E-state index in [-0.39, 0.29) is 0 Å². The topological polar surface area (TPSA) is 12.9 Å². The second-order valence-corrected chi connectivity index (χ2v) is 2.83. The van der Waals surface area contributed by atoms with E-state index in [0.717, 1.165) is 6.20 Å². The van der Waals surface area contributed by atoms with E-state index in [9.17, 15) is 13.2 Å². The van der Waals surface area contributed by atoms with Gasteiger partial charge < -0.3 is 0 Å². The number of aromatic nitrogens is 1. The Kier molecular flexibility index (Phi) is 1.99. The summed E-state index contributed by atoms with van der Waals surface area (Å²) in [4.78, 5) is 3.61. The first-order chi connectivity index (χ1) is 5.04. The van der Waals surface area contributed by atoms with Crippen LogP contribution < -0.4 is 0 Å². The monoisotopic (exact) mass is 179 g/mol. The molecule has 1 nitrogen and oxygen atoms in total. The number of halogens is 3. The molecule has 0 amide bonds. The Hall–Kier alpha value is -0.840. The third-order valence-corrected chi connectivity index (χ3v) is 2.01. The molecule has 1 heterocycles. The first-order valence-corrected chi connectivity index (χ1v) is 3.51. The molecule has 5 heteroatoms. The van der Waals surface area contributed by atoms with Gasteiger partial charge in [-0.2, -0.15) is 13.2 Å². The highest BCUT2D eigenvalue weighted by Gasteiger charge is 2.34. The van der Waals surface area contributed by atoms with Gasteiger partial charge in [0.25, 0.3) is 0 Å². The Morgan fingerprint density at radius 1 is 1.55 bits per heavy atom. The zero-order chi connectivity index (χ0) is 8.48. The molecule has 0 bridgehead atoms. The largest absolute Gasteiger partial charge is 0.443 e. The van der Waals surface area contributed by atoms with Gasteiger partial charge in [-0.25, -0.2) is 4.98 Å². The minimum Gasteiger partial charge on any atom is -0.240 e. The van der Waals surface area contributed by atoms with Crippen LogP contribution in [-0.4, -0.2) is 4.98 Å². The predicted molar refractivity (Wildman–Crippen MR) is 37.2 cm³/mol. The van der Waals surface area contributed by atoms with Crippen molar-refractivity contribution in [1.29, 1.82) is 0 Å². The normalized spacial score (nSPS) is 11.5. The summed E-state index contributed by atoms with van der Waals surface area (Å²) in [6.07, 6.45) is -1.83. The molecule has 0 aliphatic carbocycles. The van der Waals surface area contributed by atoms with Gasteiger partial charge >= 0.3 is 6.18 Å². The molecule has 0 fully saturated rings. The third kappa shape index (κ3) is 1.80. The van der Waals surface area contributed by atoms with Gasteiger partial charge in [0.05, 0.1) is 0 Å². The number of thiazole rings is 1. The van der Waals surface area contributed by atoms with E-state index in [1.165, 1.54) is 6.08 Å². The summed E-state index contributed by atoms with van der Waals surface area (Å²) in [5, 5.41) is -0.826. The molecule has 0 aromatic carbocycles. The molecule has 1 aromatic rings.